The standard InChI is InChI=1S/C18H15FN4O4S2/c1-26-14-3-6-17(27-2)13(7-14)10-23(18-21-11-22-28-18)29(24,25)15-4-5-16(19)12(8-15)9-20/h3-8,11H,10H2,1-2H3. The minimum absolute atomic E-state index is 0.109. The van der Waals surface area contributed by atoms with Gasteiger partial charge < -0.3 is 9.47 Å². The lowest BCUT2D eigenvalue weighted by Gasteiger charge is -2.23. The number of methoxy groups -OCH3 is 2. The van der Waals surface area contributed by atoms with Crippen LogP contribution in [0.1, 0.15) is 11.1 Å². The van der Waals surface area contributed by atoms with Crippen molar-refractivity contribution in [2.75, 3.05) is 18.5 Å². The van der Waals surface area contributed by atoms with Crippen LogP contribution in [0.25, 0.3) is 0 Å². The highest BCUT2D eigenvalue weighted by molar-refractivity contribution is 7.93. The van der Waals surface area contributed by atoms with E-state index in [9.17, 15) is 12.8 Å². The number of hydrogen-bond acceptors (Lipinski definition) is 8. The second-order valence-corrected chi connectivity index (χ2v) is 8.29. The third-order valence-corrected chi connectivity index (χ3v) is 6.55. The summed E-state index contributed by atoms with van der Waals surface area (Å²) in [5.41, 5.74) is 0.149. The van der Waals surface area contributed by atoms with Gasteiger partial charge in [0.2, 0.25) is 5.13 Å². The topological polar surface area (TPSA) is 105 Å². The summed E-state index contributed by atoms with van der Waals surface area (Å²) < 4.78 is 55.8. The second kappa shape index (κ2) is 8.42. The summed E-state index contributed by atoms with van der Waals surface area (Å²) in [6.45, 7) is -0.142. The summed E-state index contributed by atoms with van der Waals surface area (Å²) in [5.74, 6) is 0.166. The van der Waals surface area contributed by atoms with E-state index in [-0.39, 0.29) is 22.1 Å². The van der Waals surface area contributed by atoms with Crippen molar-refractivity contribution in [2.45, 2.75) is 11.4 Å². The Labute approximate surface area is 171 Å². The first kappa shape index (κ1) is 20.5. The number of benzene rings is 2. The van der Waals surface area contributed by atoms with E-state index < -0.39 is 15.8 Å². The van der Waals surface area contributed by atoms with Crippen LogP contribution in [0.3, 0.4) is 0 Å². The van der Waals surface area contributed by atoms with Crippen LogP contribution in [0.15, 0.2) is 47.6 Å². The average molecular weight is 434 g/mol. The Balaban J connectivity index is 2.11. The van der Waals surface area contributed by atoms with Crippen molar-refractivity contribution in [2.24, 2.45) is 0 Å². The normalized spacial score (nSPS) is 11.0. The van der Waals surface area contributed by atoms with Gasteiger partial charge in [-0.15, -0.1) is 0 Å². The molecule has 29 heavy (non-hydrogen) atoms. The van der Waals surface area contributed by atoms with E-state index in [2.05, 4.69) is 9.36 Å². The predicted molar refractivity (Wildman–Crippen MR) is 104 cm³/mol. The summed E-state index contributed by atoms with van der Waals surface area (Å²) >= 11 is 0.883. The van der Waals surface area contributed by atoms with E-state index in [0.29, 0.717) is 17.1 Å². The molecule has 0 amide bonds. The number of hydrogen-bond donors (Lipinski definition) is 0. The fourth-order valence-corrected chi connectivity index (χ4v) is 4.73. The van der Waals surface area contributed by atoms with Gasteiger partial charge in [-0.3, -0.25) is 0 Å². The Morgan fingerprint density at radius 1 is 1.21 bits per heavy atom. The van der Waals surface area contributed by atoms with Gasteiger partial charge in [-0.2, -0.15) is 9.64 Å². The molecule has 3 aromatic rings. The van der Waals surface area contributed by atoms with Crippen molar-refractivity contribution in [3.63, 3.8) is 0 Å². The minimum Gasteiger partial charge on any atom is -0.497 e. The van der Waals surface area contributed by atoms with E-state index in [0.717, 1.165) is 34.0 Å². The first-order valence-corrected chi connectivity index (χ1v) is 10.3. The maximum atomic E-state index is 13.7. The van der Waals surface area contributed by atoms with E-state index in [1.165, 1.54) is 20.5 Å². The van der Waals surface area contributed by atoms with Gasteiger partial charge in [-0.1, -0.05) is 0 Å². The number of anilines is 1. The van der Waals surface area contributed by atoms with Crippen LogP contribution in [0, 0.1) is 17.1 Å². The van der Waals surface area contributed by atoms with Crippen LogP contribution >= 0.6 is 11.5 Å². The van der Waals surface area contributed by atoms with Gasteiger partial charge in [-0.05, 0) is 36.4 Å². The van der Waals surface area contributed by atoms with Crippen LogP contribution in [0.4, 0.5) is 9.52 Å². The molecule has 0 atom stereocenters. The van der Waals surface area contributed by atoms with E-state index in [1.54, 1.807) is 24.3 Å². The molecule has 0 bridgehead atoms. The zero-order valence-corrected chi connectivity index (χ0v) is 17.0. The van der Waals surface area contributed by atoms with E-state index >= 15 is 0 Å². The number of halogens is 1. The van der Waals surface area contributed by atoms with Gasteiger partial charge in [0.05, 0.1) is 31.2 Å². The molecule has 0 aliphatic heterocycles. The number of nitrogens with zero attached hydrogens (tertiary/aromatic N) is 4. The first-order chi connectivity index (χ1) is 13.9. The van der Waals surface area contributed by atoms with Crippen molar-refractivity contribution >= 4 is 26.7 Å². The molecule has 0 fully saturated rings. The van der Waals surface area contributed by atoms with Crippen molar-refractivity contribution in [3.8, 4) is 17.6 Å². The molecular weight excluding hydrogens is 419 g/mol. The molecule has 0 saturated heterocycles. The molecule has 0 saturated carbocycles. The van der Waals surface area contributed by atoms with Crippen molar-refractivity contribution in [1.29, 1.82) is 5.26 Å². The van der Waals surface area contributed by atoms with Crippen molar-refractivity contribution < 1.29 is 22.3 Å². The molecule has 150 valence electrons. The van der Waals surface area contributed by atoms with Crippen LogP contribution in [0.2, 0.25) is 0 Å². The molecule has 0 N–H and O–H groups in total. The SMILES string of the molecule is COc1ccc(OC)c(CN(c2ncns2)S(=O)(=O)c2ccc(F)c(C#N)c2)c1. The molecular formula is C18H15FN4O4S2. The zero-order valence-electron chi connectivity index (χ0n) is 15.4. The maximum absolute atomic E-state index is 13.7. The lowest BCUT2D eigenvalue weighted by molar-refractivity contribution is 0.399. The van der Waals surface area contributed by atoms with Crippen LogP contribution < -0.4 is 13.8 Å². The van der Waals surface area contributed by atoms with Crippen molar-refractivity contribution in [3.05, 3.63) is 59.7 Å². The molecule has 0 aliphatic carbocycles. The summed E-state index contributed by atoms with van der Waals surface area (Å²) in [7, 11) is -1.23. The highest BCUT2D eigenvalue weighted by atomic mass is 32.2. The Morgan fingerprint density at radius 2 is 2.00 bits per heavy atom. The Kier molecular flexibility index (Phi) is 5.95. The predicted octanol–water partition coefficient (Wildman–Crippen LogP) is 2.96. The fraction of sp³-hybridized carbons (Fsp3) is 0.167. The average Bonchev–Trinajstić information content (AvgIpc) is 3.26. The summed E-state index contributed by atoms with van der Waals surface area (Å²) in [6, 6.07) is 9.66. The van der Waals surface area contributed by atoms with Gasteiger partial charge in [0, 0.05) is 17.1 Å². The molecule has 0 unspecified atom stereocenters. The monoisotopic (exact) mass is 434 g/mol. The van der Waals surface area contributed by atoms with Gasteiger partial charge in [0.25, 0.3) is 10.0 Å². The molecule has 3 rings (SSSR count). The maximum Gasteiger partial charge on any atom is 0.266 e. The highest BCUT2D eigenvalue weighted by Crippen LogP contribution is 2.31. The van der Waals surface area contributed by atoms with Gasteiger partial charge in [0.15, 0.2) is 0 Å². The third kappa shape index (κ3) is 4.13. The van der Waals surface area contributed by atoms with Crippen molar-refractivity contribution in [1.82, 2.24) is 9.36 Å². The minimum atomic E-state index is -4.19. The van der Waals surface area contributed by atoms with E-state index in [1.807, 2.05) is 0 Å². The molecule has 8 nitrogen and oxygen atoms in total. The molecule has 11 heteroatoms. The molecule has 0 aliphatic rings. The number of sulfonamides is 1. The largest absolute Gasteiger partial charge is 0.497 e. The first-order valence-electron chi connectivity index (χ1n) is 8.10. The lowest BCUT2D eigenvalue weighted by Crippen LogP contribution is -2.30. The van der Waals surface area contributed by atoms with Crippen LogP contribution in [-0.2, 0) is 16.6 Å². The smallest absolute Gasteiger partial charge is 0.266 e. The molecule has 1 aromatic heterocycles. The molecule has 2 aromatic carbocycles. The van der Waals surface area contributed by atoms with Gasteiger partial charge in [0.1, 0.15) is 29.7 Å². The Bertz CT molecular complexity index is 1160. The molecule has 0 radical (unpaired) electrons. The van der Waals surface area contributed by atoms with Crippen LogP contribution in [0.5, 0.6) is 11.5 Å². The second-order valence-electron chi connectivity index (χ2n) is 5.67. The van der Waals surface area contributed by atoms with Gasteiger partial charge >= 0.3 is 0 Å². The van der Waals surface area contributed by atoms with Gasteiger partial charge in [-0.25, -0.2) is 22.1 Å². The zero-order chi connectivity index (χ0) is 21.0. The van der Waals surface area contributed by atoms with E-state index in [4.69, 9.17) is 14.7 Å². The highest BCUT2D eigenvalue weighted by Gasteiger charge is 2.29. The molecule has 0 spiro atoms. The number of nitriles is 1. The quantitative estimate of drug-likeness (QED) is 0.563. The number of ether oxygens (including phenoxy) is 2. The Morgan fingerprint density at radius 3 is 2.62 bits per heavy atom. The number of rotatable bonds is 7. The Hall–Kier alpha value is -3.23. The lowest BCUT2D eigenvalue weighted by atomic mass is 10.2. The molecule has 1 heterocycles. The summed E-state index contributed by atoms with van der Waals surface area (Å²) in [5, 5.41) is 9.15. The summed E-state index contributed by atoms with van der Waals surface area (Å²) in [6.07, 6.45) is 1.23. The fourth-order valence-electron chi connectivity index (χ4n) is 2.57. The number of aromatic nitrogens is 2. The summed E-state index contributed by atoms with van der Waals surface area (Å²) in [4.78, 5) is 3.76. The third-order valence-electron chi connectivity index (χ3n) is 4.01. The van der Waals surface area contributed by atoms with Crippen LogP contribution in [-0.4, -0.2) is 32.0 Å².